The van der Waals surface area contributed by atoms with Crippen molar-refractivity contribution in [2.45, 2.75) is 6.54 Å². The molecular formula is C10H16N4O. The van der Waals surface area contributed by atoms with Gasteiger partial charge in [-0.15, -0.1) is 6.58 Å². The summed E-state index contributed by atoms with van der Waals surface area (Å²) in [6.07, 6.45) is 7.02. The first-order chi connectivity index (χ1) is 7.33. The molecule has 0 saturated carbocycles. The second-order valence-electron chi connectivity index (χ2n) is 3.07. The summed E-state index contributed by atoms with van der Waals surface area (Å²) >= 11 is 0. The highest BCUT2D eigenvalue weighted by molar-refractivity contribution is 5.77. The molecule has 1 amide bonds. The van der Waals surface area contributed by atoms with Crippen molar-refractivity contribution in [3.8, 4) is 0 Å². The van der Waals surface area contributed by atoms with Crippen LogP contribution in [0.1, 0.15) is 0 Å². The third-order valence-corrected chi connectivity index (χ3v) is 1.83. The topological polar surface area (TPSA) is 59.0 Å². The molecule has 1 aromatic heterocycles. The molecule has 15 heavy (non-hydrogen) atoms. The molecule has 0 saturated heterocycles. The minimum Gasteiger partial charge on any atom is -0.353 e. The summed E-state index contributed by atoms with van der Waals surface area (Å²) < 4.78 is 1.91. The van der Waals surface area contributed by atoms with Crippen LogP contribution in [0.5, 0.6) is 0 Å². The normalized spacial score (nSPS) is 9.87. The maximum Gasteiger partial charge on any atom is 0.234 e. The van der Waals surface area contributed by atoms with Crippen molar-refractivity contribution in [3.63, 3.8) is 0 Å². The lowest BCUT2D eigenvalue weighted by Gasteiger charge is -2.05. The second-order valence-corrected chi connectivity index (χ2v) is 3.07. The minimum absolute atomic E-state index is 0.00281. The molecule has 5 nitrogen and oxygen atoms in total. The van der Waals surface area contributed by atoms with Crippen LogP contribution in [0.25, 0.3) is 0 Å². The highest BCUT2D eigenvalue weighted by atomic mass is 16.1. The van der Waals surface area contributed by atoms with Gasteiger partial charge < -0.3 is 15.2 Å². The molecule has 0 fully saturated rings. The third-order valence-electron chi connectivity index (χ3n) is 1.83. The molecule has 0 bridgehead atoms. The van der Waals surface area contributed by atoms with E-state index in [9.17, 15) is 4.79 Å². The Morgan fingerprint density at radius 1 is 1.60 bits per heavy atom. The Morgan fingerprint density at radius 3 is 3.13 bits per heavy atom. The number of aromatic nitrogens is 2. The van der Waals surface area contributed by atoms with E-state index in [-0.39, 0.29) is 5.91 Å². The third kappa shape index (κ3) is 4.97. The van der Waals surface area contributed by atoms with Gasteiger partial charge in [-0.1, -0.05) is 6.08 Å². The van der Waals surface area contributed by atoms with Gasteiger partial charge in [0.25, 0.3) is 0 Å². The number of imidazole rings is 1. The van der Waals surface area contributed by atoms with Crippen molar-refractivity contribution in [1.82, 2.24) is 20.2 Å². The standard InChI is InChI=1S/C10H16N4O/c1-2-3-11-8-10(15)13-5-7-14-6-4-12-9-14/h2,4,6,9,11H,1,3,5,7-8H2,(H,13,15). The van der Waals surface area contributed by atoms with Crippen molar-refractivity contribution < 1.29 is 4.79 Å². The van der Waals surface area contributed by atoms with Gasteiger partial charge in [0.2, 0.25) is 5.91 Å². The maximum absolute atomic E-state index is 11.2. The van der Waals surface area contributed by atoms with E-state index in [0.29, 0.717) is 19.6 Å². The average molecular weight is 208 g/mol. The van der Waals surface area contributed by atoms with Crippen LogP contribution in [0.15, 0.2) is 31.4 Å². The Balaban J connectivity index is 2.04. The van der Waals surface area contributed by atoms with Gasteiger partial charge in [0, 0.05) is 32.0 Å². The molecule has 0 unspecified atom stereocenters. The SMILES string of the molecule is C=CCNCC(=O)NCCn1ccnc1. The number of hydrogen-bond donors (Lipinski definition) is 2. The van der Waals surface area contributed by atoms with Crippen molar-refractivity contribution in [2.75, 3.05) is 19.6 Å². The van der Waals surface area contributed by atoms with Gasteiger partial charge >= 0.3 is 0 Å². The molecule has 82 valence electrons. The first-order valence-electron chi connectivity index (χ1n) is 4.87. The van der Waals surface area contributed by atoms with E-state index in [4.69, 9.17) is 0 Å². The number of hydrogen-bond acceptors (Lipinski definition) is 3. The summed E-state index contributed by atoms with van der Waals surface area (Å²) in [5.41, 5.74) is 0. The Hall–Kier alpha value is -1.62. The molecule has 0 atom stereocenters. The fourth-order valence-corrected chi connectivity index (χ4v) is 1.09. The number of nitrogens with zero attached hydrogens (tertiary/aromatic N) is 2. The fourth-order valence-electron chi connectivity index (χ4n) is 1.09. The lowest BCUT2D eigenvalue weighted by atomic mass is 10.5. The van der Waals surface area contributed by atoms with Crippen molar-refractivity contribution in [2.24, 2.45) is 0 Å². The van der Waals surface area contributed by atoms with Crippen LogP contribution >= 0.6 is 0 Å². The molecule has 0 aromatic carbocycles. The van der Waals surface area contributed by atoms with Crippen molar-refractivity contribution in [1.29, 1.82) is 0 Å². The number of nitrogens with one attached hydrogen (secondary N) is 2. The lowest BCUT2D eigenvalue weighted by Crippen LogP contribution is -2.35. The van der Waals surface area contributed by atoms with Gasteiger partial charge in [0.1, 0.15) is 0 Å². The summed E-state index contributed by atoms with van der Waals surface area (Å²) in [5, 5.41) is 5.72. The quantitative estimate of drug-likeness (QED) is 0.481. The van der Waals surface area contributed by atoms with E-state index >= 15 is 0 Å². The van der Waals surface area contributed by atoms with Crippen LogP contribution in [0.4, 0.5) is 0 Å². The zero-order valence-electron chi connectivity index (χ0n) is 8.65. The van der Waals surface area contributed by atoms with E-state index < -0.39 is 0 Å². The second kappa shape index (κ2) is 6.78. The number of carbonyl (C=O) groups is 1. The molecule has 0 aliphatic heterocycles. The van der Waals surface area contributed by atoms with E-state index in [1.807, 2.05) is 10.8 Å². The zero-order valence-corrected chi connectivity index (χ0v) is 8.65. The molecule has 0 aliphatic carbocycles. The van der Waals surface area contributed by atoms with E-state index in [0.717, 1.165) is 6.54 Å². The van der Waals surface area contributed by atoms with Crippen LogP contribution in [0.3, 0.4) is 0 Å². The number of rotatable bonds is 7. The van der Waals surface area contributed by atoms with Gasteiger partial charge in [-0.05, 0) is 0 Å². The Morgan fingerprint density at radius 2 is 2.47 bits per heavy atom. The van der Waals surface area contributed by atoms with Crippen LogP contribution in [-0.4, -0.2) is 35.1 Å². The minimum atomic E-state index is -0.00281. The molecular weight excluding hydrogens is 192 g/mol. The van der Waals surface area contributed by atoms with Crippen LogP contribution in [0, 0.1) is 0 Å². The predicted octanol–water partition coefficient (Wildman–Crippen LogP) is -0.225. The molecule has 0 aliphatic rings. The molecule has 1 heterocycles. The Kier molecular flexibility index (Phi) is 5.18. The number of amides is 1. The summed E-state index contributed by atoms with van der Waals surface area (Å²) in [4.78, 5) is 15.1. The van der Waals surface area contributed by atoms with E-state index in [1.54, 1.807) is 18.6 Å². The molecule has 5 heteroatoms. The maximum atomic E-state index is 11.2. The highest BCUT2D eigenvalue weighted by Gasteiger charge is 1.98. The van der Waals surface area contributed by atoms with Gasteiger partial charge in [-0.3, -0.25) is 4.79 Å². The molecule has 2 N–H and O–H groups in total. The first kappa shape index (κ1) is 11.5. The Bertz CT molecular complexity index is 294. The highest BCUT2D eigenvalue weighted by Crippen LogP contribution is 1.83. The van der Waals surface area contributed by atoms with Crippen LogP contribution in [-0.2, 0) is 11.3 Å². The average Bonchev–Trinajstić information content (AvgIpc) is 2.71. The Labute approximate surface area is 89.2 Å². The van der Waals surface area contributed by atoms with E-state index in [1.165, 1.54) is 0 Å². The molecule has 1 rings (SSSR count). The van der Waals surface area contributed by atoms with Crippen molar-refractivity contribution >= 4 is 5.91 Å². The van der Waals surface area contributed by atoms with Crippen LogP contribution in [0.2, 0.25) is 0 Å². The summed E-state index contributed by atoms with van der Waals surface area (Å²) in [7, 11) is 0. The smallest absolute Gasteiger partial charge is 0.234 e. The molecule has 1 aromatic rings. The molecule has 0 spiro atoms. The largest absolute Gasteiger partial charge is 0.353 e. The predicted molar refractivity (Wildman–Crippen MR) is 58.3 cm³/mol. The monoisotopic (exact) mass is 208 g/mol. The zero-order chi connectivity index (χ0) is 10.9. The first-order valence-corrected chi connectivity index (χ1v) is 4.87. The van der Waals surface area contributed by atoms with E-state index in [2.05, 4.69) is 22.2 Å². The fraction of sp³-hybridized carbons (Fsp3) is 0.400. The van der Waals surface area contributed by atoms with Gasteiger partial charge in [0.05, 0.1) is 12.9 Å². The summed E-state index contributed by atoms with van der Waals surface area (Å²) in [6.45, 7) is 5.89. The molecule has 0 radical (unpaired) electrons. The van der Waals surface area contributed by atoms with Gasteiger partial charge in [-0.25, -0.2) is 4.98 Å². The lowest BCUT2D eigenvalue weighted by molar-refractivity contribution is -0.120. The number of carbonyl (C=O) groups excluding carboxylic acids is 1. The van der Waals surface area contributed by atoms with Gasteiger partial charge in [-0.2, -0.15) is 0 Å². The summed E-state index contributed by atoms with van der Waals surface area (Å²) in [6, 6.07) is 0. The van der Waals surface area contributed by atoms with Crippen molar-refractivity contribution in [3.05, 3.63) is 31.4 Å². The summed E-state index contributed by atoms with van der Waals surface area (Å²) in [5.74, 6) is -0.00281. The van der Waals surface area contributed by atoms with Gasteiger partial charge in [0.15, 0.2) is 0 Å². The van der Waals surface area contributed by atoms with Crippen LogP contribution < -0.4 is 10.6 Å².